The molecule has 58 heavy (non-hydrogen) atoms. The zero-order valence-corrected chi connectivity index (χ0v) is 32.9. The number of sulfone groups is 1. The number of unbranched alkanes of at least 4 members (excludes halogenated alkanes) is 2. The fourth-order valence-electron chi connectivity index (χ4n) is 7.29. The van der Waals surface area contributed by atoms with E-state index >= 15 is 0 Å². The summed E-state index contributed by atoms with van der Waals surface area (Å²) in [5.41, 5.74) is 5.92. The molecule has 2 saturated heterocycles. The summed E-state index contributed by atoms with van der Waals surface area (Å²) in [5.74, 6) is 5.50. The predicted molar refractivity (Wildman–Crippen MR) is 219 cm³/mol. The smallest absolute Gasteiger partial charge is 0.255 e. The molecule has 3 aliphatic heterocycles. The summed E-state index contributed by atoms with van der Waals surface area (Å²) in [6.45, 7) is 3.03. The number of nitrogens with zero attached hydrogens (tertiary/aromatic N) is 4. The first-order valence-corrected chi connectivity index (χ1v) is 21.1. The Kier molecular flexibility index (Phi) is 11.8. The van der Waals surface area contributed by atoms with Gasteiger partial charge in [-0.05, 0) is 97.1 Å². The van der Waals surface area contributed by atoms with Crippen molar-refractivity contribution >= 4 is 50.8 Å². The molecular formula is C43H44N8O6S. The van der Waals surface area contributed by atoms with Crippen molar-refractivity contribution in [2.75, 3.05) is 42.7 Å². The van der Waals surface area contributed by atoms with Crippen LogP contribution in [0.25, 0.3) is 11.3 Å². The van der Waals surface area contributed by atoms with Gasteiger partial charge >= 0.3 is 0 Å². The van der Waals surface area contributed by atoms with E-state index < -0.39 is 21.8 Å². The summed E-state index contributed by atoms with van der Waals surface area (Å²) < 4.78 is 23.6. The number of fused-ring (bicyclic) bond motifs is 1. The van der Waals surface area contributed by atoms with E-state index in [0.717, 1.165) is 54.0 Å². The molecule has 1 atom stereocenters. The number of anilines is 2. The number of guanidine groups is 1. The zero-order chi connectivity index (χ0) is 40.8. The Morgan fingerprint density at radius 3 is 2.43 bits per heavy atom. The van der Waals surface area contributed by atoms with Crippen molar-refractivity contribution in [1.29, 1.82) is 5.41 Å². The lowest BCUT2D eigenvalue weighted by atomic mass is 10.0. The Hall–Kier alpha value is -6.53. The van der Waals surface area contributed by atoms with Crippen LogP contribution in [-0.4, -0.2) is 91.3 Å². The lowest BCUT2D eigenvalue weighted by Crippen LogP contribution is -2.52. The summed E-state index contributed by atoms with van der Waals surface area (Å²) in [4.78, 5) is 63.2. The highest BCUT2D eigenvalue weighted by atomic mass is 32.2. The van der Waals surface area contributed by atoms with Gasteiger partial charge in [-0.1, -0.05) is 30.0 Å². The number of H-pyrrole nitrogens is 1. The molecule has 3 aromatic carbocycles. The number of benzene rings is 3. The number of imide groups is 1. The SMILES string of the molecule is CS(=O)(=O)c1ccc(-c2ccc/c(=N/C(=N)Nc3ccc(N4CCN(C(=O)CCCCC#Cc5ccc6c(c5)CN(C5CCC(=O)NC5=O)C6=O)CC4)cc3)[nH]2)cc1. The highest BCUT2D eigenvalue weighted by molar-refractivity contribution is 7.90. The Bertz CT molecular complexity index is 2500. The summed E-state index contributed by atoms with van der Waals surface area (Å²) in [5, 5.41) is 13.7. The number of piperazine rings is 1. The van der Waals surface area contributed by atoms with Crippen molar-refractivity contribution in [2.24, 2.45) is 4.99 Å². The van der Waals surface area contributed by atoms with Crippen molar-refractivity contribution in [3.05, 3.63) is 107 Å². The van der Waals surface area contributed by atoms with Crippen LogP contribution >= 0.6 is 0 Å². The van der Waals surface area contributed by atoms with Crippen molar-refractivity contribution in [3.63, 3.8) is 0 Å². The third-order valence-electron chi connectivity index (χ3n) is 10.4. The van der Waals surface area contributed by atoms with Crippen LogP contribution in [0.3, 0.4) is 0 Å². The number of aromatic nitrogens is 1. The molecule has 4 N–H and O–H groups in total. The summed E-state index contributed by atoms with van der Waals surface area (Å²) in [6, 6.07) is 24.6. The second-order valence-electron chi connectivity index (χ2n) is 14.5. The summed E-state index contributed by atoms with van der Waals surface area (Å²) in [6.07, 6.45) is 4.37. The normalized spacial score (nSPS) is 17.1. The minimum absolute atomic E-state index is 0.0489. The molecule has 0 spiro atoms. The van der Waals surface area contributed by atoms with E-state index in [-0.39, 0.29) is 35.0 Å². The molecule has 4 aromatic rings. The van der Waals surface area contributed by atoms with Gasteiger partial charge in [0.25, 0.3) is 5.91 Å². The number of amides is 4. The number of carbonyl (C=O) groups is 4. The quantitative estimate of drug-likeness (QED) is 0.0642. The highest BCUT2D eigenvalue weighted by Gasteiger charge is 2.39. The fourth-order valence-corrected chi connectivity index (χ4v) is 7.92. The molecule has 0 radical (unpaired) electrons. The first kappa shape index (κ1) is 39.7. The van der Waals surface area contributed by atoms with Gasteiger partial charge in [-0.25, -0.2) is 8.42 Å². The molecule has 0 bridgehead atoms. The van der Waals surface area contributed by atoms with Crippen LogP contribution in [0.1, 0.15) is 60.0 Å². The summed E-state index contributed by atoms with van der Waals surface area (Å²) >= 11 is 0. The van der Waals surface area contributed by atoms with Gasteiger partial charge < -0.3 is 25.0 Å². The van der Waals surface area contributed by atoms with E-state index in [1.165, 1.54) is 11.2 Å². The zero-order valence-electron chi connectivity index (χ0n) is 32.1. The number of nitrogens with one attached hydrogen (secondary N) is 4. The maximum absolute atomic E-state index is 13.0. The van der Waals surface area contributed by atoms with Gasteiger partial charge in [0.1, 0.15) is 11.5 Å². The first-order valence-electron chi connectivity index (χ1n) is 19.2. The van der Waals surface area contributed by atoms with E-state index in [4.69, 9.17) is 5.41 Å². The first-order chi connectivity index (χ1) is 27.9. The van der Waals surface area contributed by atoms with Crippen molar-refractivity contribution in [2.45, 2.75) is 56.0 Å². The van der Waals surface area contributed by atoms with E-state index in [9.17, 15) is 27.6 Å². The maximum atomic E-state index is 13.0. The second-order valence-corrected chi connectivity index (χ2v) is 16.5. The molecule has 298 valence electrons. The molecule has 14 nitrogen and oxygen atoms in total. The minimum atomic E-state index is -3.29. The molecule has 4 amide bonds. The highest BCUT2D eigenvalue weighted by Crippen LogP contribution is 2.28. The van der Waals surface area contributed by atoms with Gasteiger partial charge in [0.2, 0.25) is 23.7 Å². The Morgan fingerprint density at radius 2 is 1.71 bits per heavy atom. The topological polar surface area (TPSA) is 188 Å². The van der Waals surface area contributed by atoms with Gasteiger partial charge in [-0.2, -0.15) is 4.99 Å². The fraction of sp³-hybridized carbons (Fsp3) is 0.302. The molecule has 4 heterocycles. The van der Waals surface area contributed by atoms with Gasteiger partial charge in [-0.3, -0.25) is 29.9 Å². The van der Waals surface area contributed by atoms with Crippen LogP contribution in [-0.2, 0) is 30.8 Å². The molecule has 7 rings (SSSR count). The van der Waals surface area contributed by atoms with Gasteiger partial charge in [0.15, 0.2) is 9.84 Å². The molecule has 15 heteroatoms. The van der Waals surface area contributed by atoms with Gasteiger partial charge in [0, 0.05) is 86.4 Å². The third kappa shape index (κ3) is 9.52. The van der Waals surface area contributed by atoms with Crippen LogP contribution < -0.4 is 21.0 Å². The predicted octanol–water partition coefficient (Wildman–Crippen LogP) is 4.05. The monoisotopic (exact) mass is 800 g/mol. The number of hydrogen-bond donors (Lipinski definition) is 4. The van der Waals surface area contributed by atoms with Crippen LogP contribution in [0.5, 0.6) is 0 Å². The molecule has 0 saturated carbocycles. The van der Waals surface area contributed by atoms with Crippen molar-refractivity contribution in [3.8, 4) is 23.1 Å². The van der Waals surface area contributed by atoms with E-state index in [1.807, 2.05) is 53.4 Å². The molecule has 2 fully saturated rings. The average molecular weight is 801 g/mol. The number of rotatable bonds is 9. The molecule has 3 aliphatic rings. The maximum Gasteiger partial charge on any atom is 0.255 e. The Balaban J connectivity index is 0.819. The van der Waals surface area contributed by atoms with Crippen molar-refractivity contribution < 1.29 is 27.6 Å². The third-order valence-corrected chi connectivity index (χ3v) is 11.6. The molecule has 1 aromatic heterocycles. The van der Waals surface area contributed by atoms with Gasteiger partial charge in [0.05, 0.1) is 4.90 Å². The number of hydrogen-bond acceptors (Lipinski definition) is 8. The number of aromatic amines is 1. The lowest BCUT2D eigenvalue weighted by molar-refractivity contribution is -0.137. The molecule has 0 aliphatic carbocycles. The largest absolute Gasteiger partial charge is 0.368 e. The lowest BCUT2D eigenvalue weighted by Gasteiger charge is -2.36. The summed E-state index contributed by atoms with van der Waals surface area (Å²) in [7, 11) is -3.29. The second kappa shape index (κ2) is 17.3. The average Bonchev–Trinajstić information content (AvgIpc) is 3.53. The van der Waals surface area contributed by atoms with Crippen LogP contribution in [0, 0.1) is 17.3 Å². The Labute approximate surface area is 336 Å². The number of carbonyl (C=O) groups excluding carboxylic acids is 4. The standard InChI is InChI=1S/C43H44N8O6S/c1-58(56,57)34-18-12-30(13-19-34)36-8-6-9-38(46-36)47-43(44)45-32-14-16-33(17-15-32)49-23-25-50(26-24-49)40(53)10-5-3-2-4-7-29-11-20-35-31(27-29)28-51(42(35)55)37-21-22-39(52)48-41(37)54/h6,8-9,11-20,27,37H,2-3,5,10,21-26,28H2,1H3,(H,48,52,54)(H3,44,45,46,47). The van der Waals surface area contributed by atoms with E-state index in [0.29, 0.717) is 55.6 Å². The van der Waals surface area contributed by atoms with Crippen LogP contribution in [0.4, 0.5) is 11.4 Å². The Morgan fingerprint density at radius 1 is 0.948 bits per heavy atom. The molecule has 1 unspecified atom stereocenters. The van der Waals surface area contributed by atoms with Gasteiger partial charge in [-0.15, -0.1) is 0 Å². The molecular weight excluding hydrogens is 757 g/mol. The van der Waals surface area contributed by atoms with Crippen molar-refractivity contribution in [1.82, 2.24) is 20.1 Å². The van der Waals surface area contributed by atoms with Crippen LogP contribution in [0.2, 0.25) is 0 Å². The number of piperidine rings is 1. The van der Waals surface area contributed by atoms with Crippen LogP contribution in [0.15, 0.2) is 94.8 Å². The van der Waals surface area contributed by atoms with E-state index in [1.54, 1.807) is 36.4 Å². The minimum Gasteiger partial charge on any atom is -0.368 e. The van der Waals surface area contributed by atoms with E-state index in [2.05, 4.69) is 37.4 Å². The number of pyridine rings is 1.